The van der Waals surface area contributed by atoms with Crippen molar-refractivity contribution in [3.05, 3.63) is 140 Å². The van der Waals surface area contributed by atoms with E-state index in [0.717, 1.165) is 78.4 Å². The van der Waals surface area contributed by atoms with Crippen LogP contribution in [0.5, 0.6) is 0 Å². The van der Waals surface area contributed by atoms with Crippen LogP contribution in [-0.2, 0) is 0 Å². The van der Waals surface area contributed by atoms with Crippen molar-refractivity contribution in [1.82, 2.24) is 27.9 Å². The van der Waals surface area contributed by atoms with Crippen LogP contribution in [-0.4, -0.2) is 41.5 Å². The Balaban J connectivity index is 1.17. The molecule has 5 heterocycles. The maximum atomic E-state index is 8.22. The summed E-state index contributed by atoms with van der Waals surface area (Å²) in [6.07, 6.45) is 0. The summed E-state index contributed by atoms with van der Waals surface area (Å²) in [7, 11) is 0. The summed E-state index contributed by atoms with van der Waals surface area (Å²) in [6.45, 7) is -2.06. The van der Waals surface area contributed by atoms with Crippen LogP contribution in [0.25, 0.3) is 67.1 Å². The number of hydrogen-bond acceptors (Lipinski definition) is 4. The topological polar surface area (TPSA) is 50.9 Å². The molecule has 0 radical (unpaired) electrons. The zero-order chi connectivity index (χ0) is 34.0. The van der Waals surface area contributed by atoms with Gasteiger partial charge < -0.3 is 9.80 Å². The number of para-hydroxylation sites is 8. The molecule has 228 valence electrons. The number of rotatable bonds is 3. The second-order valence-electron chi connectivity index (χ2n) is 12.3. The lowest BCUT2D eigenvalue weighted by molar-refractivity contribution is 0.948. The highest BCUT2D eigenvalue weighted by molar-refractivity contribution is 5.96. The Labute approximate surface area is 278 Å². The van der Waals surface area contributed by atoms with Gasteiger partial charge in [0.15, 0.2) is 0 Å². The van der Waals surface area contributed by atoms with E-state index in [2.05, 4.69) is 102 Å². The van der Waals surface area contributed by atoms with E-state index in [1.165, 1.54) is 4.90 Å². The molecule has 0 saturated carbocycles. The summed E-state index contributed by atoms with van der Waals surface area (Å²) in [6, 6.07) is 47.4. The van der Waals surface area contributed by atoms with Crippen molar-refractivity contribution in [2.24, 2.45) is 0 Å². The van der Waals surface area contributed by atoms with Crippen molar-refractivity contribution >= 4 is 72.8 Å². The summed E-state index contributed by atoms with van der Waals surface area (Å²) in [4.78, 5) is 13.8. The van der Waals surface area contributed by atoms with Crippen molar-refractivity contribution < 1.29 is 4.11 Å². The Morgan fingerprint density at radius 1 is 0.479 bits per heavy atom. The van der Waals surface area contributed by atoms with Gasteiger partial charge in [0.05, 0.1) is 73.6 Å². The molecule has 0 amide bonds. The Bertz CT molecular complexity index is 3040. The molecule has 11 rings (SSSR count). The van der Waals surface area contributed by atoms with Crippen molar-refractivity contribution in [3.63, 3.8) is 0 Å². The SMILES string of the molecule is [2H]C([2H])([2H])N1CN(c2cccc(-n3c4cc(-n5c6ccccc6n6c7ccccc7nc56)ccc4n4c5ccccc5nc34)c2)c2ccccc21. The van der Waals surface area contributed by atoms with Crippen LogP contribution in [0.15, 0.2) is 140 Å². The van der Waals surface area contributed by atoms with Crippen molar-refractivity contribution in [2.45, 2.75) is 0 Å². The van der Waals surface area contributed by atoms with E-state index in [-0.39, 0.29) is 6.67 Å². The molecule has 0 N–H and O–H groups in total. The molecule has 6 aromatic carbocycles. The normalized spacial score (nSPS) is 14.5. The van der Waals surface area contributed by atoms with Gasteiger partial charge in [0.1, 0.15) is 0 Å². The Morgan fingerprint density at radius 3 is 1.77 bits per heavy atom. The fourth-order valence-corrected chi connectivity index (χ4v) is 7.62. The Morgan fingerprint density at radius 2 is 1.04 bits per heavy atom. The van der Waals surface area contributed by atoms with Crippen LogP contribution in [0, 0.1) is 0 Å². The largest absolute Gasteiger partial charge is 0.355 e. The van der Waals surface area contributed by atoms with Gasteiger partial charge in [-0.25, -0.2) is 9.97 Å². The number of nitrogens with zero attached hydrogens (tertiary/aromatic N) is 8. The van der Waals surface area contributed by atoms with E-state index in [9.17, 15) is 0 Å². The standard InChI is InChI=1S/C40H28N8/c1-43-25-44(34-18-7-6-17-33(34)43)26-11-10-12-27(23-26)46-38-24-28(21-22-37(38)48-32-16-5-3-14-30(32)42-40(46)48)45-35-19-8-9-20-36(35)47-31-15-4-2-13-29(31)41-39(45)47/h2-24H,25H2,1H3/i1D3. The molecule has 0 spiro atoms. The first-order chi connectivity index (χ1) is 24.9. The highest BCUT2D eigenvalue weighted by Gasteiger charge is 2.25. The molecule has 0 atom stereocenters. The smallest absolute Gasteiger partial charge is 0.220 e. The van der Waals surface area contributed by atoms with Gasteiger partial charge in [-0.2, -0.15) is 0 Å². The quantitative estimate of drug-likeness (QED) is 0.198. The molecule has 8 heteroatoms. The van der Waals surface area contributed by atoms with E-state index < -0.39 is 6.98 Å². The lowest BCUT2D eigenvalue weighted by Gasteiger charge is -2.20. The summed E-state index contributed by atoms with van der Waals surface area (Å²) < 4.78 is 33.6. The second kappa shape index (κ2) is 9.27. The van der Waals surface area contributed by atoms with Crippen molar-refractivity contribution in [1.29, 1.82) is 0 Å². The number of aromatic nitrogens is 6. The number of hydrogen-bond donors (Lipinski definition) is 0. The fourth-order valence-electron chi connectivity index (χ4n) is 7.62. The van der Waals surface area contributed by atoms with Crippen LogP contribution >= 0.6 is 0 Å². The Hall–Kier alpha value is -6.54. The second-order valence-corrected chi connectivity index (χ2v) is 12.3. The van der Waals surface area contributed by atoms with Gasteiger partial charge in [0, 0.05) is 16.8 Å². The molecule has 1 aliphatic rings. The first-order valence-electron chi connectivity index (χ1n) is 17.5. The lowest BCUT2D eigenvalue weighted by atomic mass is 10.2. The minimum Gasteiger partial charge on any atom is -0.355 e. The maximum absolute atomic E-state index is 8.22. The zero-order valence-electron chi connectivity index (χ0n) is 28.6. The predicted octanol–water partition coefficient (Wildman–Crippen LogP) is 8.72. The average Bonchev–Trinajstić information content (AvgIpc) is 3.94. The minimum absolute atomic E-state index is 0.216. The highest BCUT2D eigenvalue weighted by atomic mass is 15.4. The fraction of sp³-hybridized carbons (Fsp3) is 0.0500. The van der Waals surface area contributed by atoms with Crippen LogP contribution < -0.4 is 9.80 Å². The van der Waals surface area contributed by atoms with Gasteiger partial charge in [-0.05, 0) is 84.9 Å². The molecule has 0 unspecified atom stereocenters. The van der Waals surface area contributed by atoms with E-state index in [4.69, 9.17) is 14.1 Å². The third-order valence-electron chi connectivity index (χ3n) is 9.69. The van der Waals surface area contributed by atoms with Gasteiger partial charge in [-0.1, -0.05) is 54.6 Å². The van der Waals surface area contributed by atoms with E-state index in [1.54, 1.807) is 0 Å². The molecular formula is C40H28N8. The number of anilines is 3. The van der Waals surface area contributed by atoms with Crippen LogP contribution in [0.1, 0.15) is 4.11 Å². The summed E-state index contributed by atoms with van der Waals surface area (Å²) >= 11 is 0. The van der Waals surface area contributed by atoms with Crippen LogP contribution in [0.2, 0.25) is 0 Å². The Kier molecular flexibility index (Phi) is 4.42. The number of benzene rings is 6. The summed E-state index contributed by atoms with van der Waals surface area (Å²) in [5.74, 6) is 1.64. The van der Waals surface area contributed by atoms with E-state index >= 15 is 0 Å². The predicted molar refractivity (Wildman–Crippen MR) is 194 cm³/mol. The molecule has 0 bridgehead atoms. The average molecular weight is 624 g/mol. The van der Waals surface area contributed by atoms with Crippen LogP contribution in [0.3, 0.4) is 0 Å². The van der Waals surface area contributed by atoms with E-state index in [0.29, 0.717) is 5.69 Å². The zero-order valence-corrected chi connectivity index (χ0v) is 25.6. The van der Waals surface area contributed by atoms with Crippen molar-refractivity contribution in [3.8, 4) is 11.4 Å². The molecule has 0 fully saturated rings. The first kappa shape index (κ1) is 22.9. The van der Waals surface area contributed by atoms with Gasteiger partial charge >= 0.3 is 0 Å². The van der Waals surface area contributed by atoms with Gasteiger partial charge in [-0.15, -0.1) is 0 Å². The van der Waals surface area contributed by atoms with Gasteiger partial charge in [0.2, 0.25) is 11.6 Å². The summed E-state index contributed by atoms with van der Waals surface area (Å²) in [5, 5.41) is 0. The van der Waals surface area contributed by atoms with Gasteiger partial charge in [-0.3, -0.25) is 17.9 Å². The minimum atomic E-state index is -2.27. The molecule has 1 aliphatic heterocycles. The molecule has 8 nitrogen and oxygen atoms in total. The summed E-state index contributed by atoms with van der Waals surface area (Å²) in [5.41, 5.74) is 12.4. The molecule has 10 aromatic rings. The molecule has 0 aliphatic carbocycles. The van der Waals surface area contributed by atoms with Crippen molar-refractivity contribution in [2.75, 3.05) is 23.4 Å². The number of imidazole rings is 4. The molecular weight excluding hydrogens is 592 g/mol. The third kappa shape index (κ3) is 3.33. The highest BCUT2D eigenvalue weighted by Crippen LogP contribution is 2.41. The maximum Gasteiger partial charge on any atom is 0.220 e. The number of fused-ring (bicyclic) bond motifs is 11. The lowest BCUT2D eigenvalue weighted by Crippen LogP contribution is -2.24. The first-order valence-corrected chi connectivity index (χ1v) is 16.0. The van der Waals surface area contributed by atoms with Crippen LogP contribution in [0.4, 0.5) is 17.1 Å². The monoisotopic (exact) mass is 623 g/mol. The molecule has 0 saturated heterocycles. The van der Waals surface area contributed by atoms with Gasteiger partial charge in [0.25, 0.3) is 0 Å². The molecule has 48 heavy (non-hydrogen) atoms. The third-order valence-corrected chi connectivity index (χ3v) is 9.69. The molecule has 4 aromatic heterocycles. The van der Waals surface area contributed by atoms with E-state index in [1.807, 2.05) is 60.7 Å².